The highest BCUT2D eigenvalue weighted by Crippen LogP contribution is 2.31. The molecule has 0 aromatic carbocycles. The average Bonchev–Trinajstić information content (AvgIpc) is 2.08. The Labute approximate surface area is 90.3 Å². The highest BCUT2D eigenvalue weighted by molar-refractivity contribution is 5.75. The normalized spacial score (nSPS) is 13.6. The van der Waals surface area contributed by atoms with Gasteiger partial charge in [0.1, 0.15) is 5.83 Å². The predicted octanol–water partition coefficient (Wildman–Crippen LogP) is 3.00. The van der Waals surface area contributed by atoms with Gasteiger partial charge >= 0.3 is 6.18 Å². The molecule has 0 unspecified atom stereocenters. The molecule has 6 heteroatoms. The van der Waals surface area contributed by atoms with E-state index in [1.54, 1.807) is 0 Å². The molecule has 0 spiro atoms. The summed E-state index contributed by atoms with van der Waals surface area (Å²) >= 11 is 0. The van der Waals surface area contributed by atoms with Gasteiger partial charge in [0, 0.05) is 12.6 Å². The van der Waals surface area contributed by atoms with Crippen molar-refractivity contribution in [1.29, 1.82) is 0 Å². The van der Waals surface area contributed by atoms with E-state index in [1.165, 1.54) is 13.0 Å². The molecule has 0 aromatic heterocycles. The second-order valence-corrected chi connectivity index (χ2v) is 2.89. The molecule has 0 bridgehead atoms. The minimum absolute atomic E-state index is 0.140. The van der Waals surface area contributed by atoms with Crippen molar-refractivity contribution < 1.29 is 22.4 Å². The molecule has 0 aromatic rings. The zero-order chi connectivity index (χ0) is 12.9. The average molecular weight is 237 g/mol. The number of rotatable bonds is 3. The minimum Gasteiger partial charge on any atom is -0.327 e. The van der Waals surface area contributed by atoms with Gasteiger partial charge in [-0.25, -0.2) is 4.39 Å². The number of amides is 1. The van der Waals surface area contributed by atoms with Crippen LogP contribution < -0.4 is 5.32 Å². The molecule has 0 fully saturated rings. The fourth-order valence-electron chi connectivity index (χ4n) is 0.864. The molecule has 1 N–H and O–H groups in total. The lowest BCUT2D eigenvalue weighted by molar-refractivity contribution is -0.118. The summed E-state index contributed by atoms with van der Waals surface area (Å²) in [4.78, 5) is 10.6. The van der Waals surface area contributed by atoms with Crippen LogP contribution in [0, 0.1) is 0 Å². The number of carbonyl (C=O) groups is 1. The maximum Gasteiger partial charge on any atom is 0.419 e. The molecule has 0 aliphatic heterocycles. The first kappa shape index (κ1) is 14.4. The van der Waals surface area contributed by atoms with Crippen molar-refractivity contribution in [1.82, 2.24) is 5.32 Å². The van der Waals surface area contributed by atoms with Crippen molar-refractivity contribution in [2.24, 2.45) is 0 Å². The second kappa shape index (κ2) is 5.48. The lowest BCUT2D eigenvalue weighted by Crippen LogP contribution is -2.20. The van der Waals surface area contributed by atoms with Gasteiger partial charge in [-0.3, -0.25) is 4.79 Å². The summed E-state index contributed by atoms with van der Waals surface area (Å²) in [6, 6.07) is 0. The zero-order valence-electron chi connectivity index (χ0n) is 8.78. The fraction of sp³-hybridized carbons (Fsp3) is 0.300. The Morgan fingerprint density at radius 2 is 1.88 bits per heavy atom. The summed E-state index contributed by atoms with van der Waals surface area (Å²) in [5, 5.41) is 2.12. The van der Waals surface area contributed by atoms with Gasteiger partial charge in [0.15, 0.2) is 0 Å². The number of hydrogen-bond acceptors (Lipinski definition) is 1. The monoisotopic (exact) mass is 237 g/mol. The van der Waals surface area contributed by atoms with Crippen LogP contribution in [0.15, 0.2) is 35.8 Å². The van der Waals surface area contributed by atoms with Gasteiger partial charge in [0.05, 0.1) is 5.57 Å². The maximum atomic E-state index is 12.6. The highest BCUT2D eigenvalue weighted by atomic mass is 19.4. The molecule has 2 nitrogen and oxygen atoms in total. The number of allylic oxidation sites excluding steroid dienone is 4. The lowest BCUT2D eigenvalue weighted by atomic mass is 10.2. The van der Waals surface area contributed by atoms with Crippen LogP contribution in [0.3, 0.4) is 0 Å². The van der Waals surface area contributed by atoms with Crippen LogP contribution in [0.4, 0.5) is 17.6 Å². The van der Waals surface area contributed by atoms with Gasteiger partial charge in [-0.1, -0.05) is 12.7 Å². The number of nitrogens with one attached hydrogen (secondary N) is 1. The Morgan fingerprint density at radius 3 is 2.12 bits per heavy atom. The molecule has 16 heavy (non-hydrogen) atoms. The van der Waals surface area contributed by atoms with Gasteiger partial charge in [-0.2, -0.15) is 13.2 Å². The quantitative estimate of drug-likeness (QED) is 0.593. The summed E-state index contributed by atoms with van der Waals surface area (Å²) < 4.78 is 49.5. The van der Waals surface area contributed by atoms with E-state index in [0.717, 1.165) is 6.92 Å². The molecule has 0 aliphatic carbocycles. The van der Waals surface area contributed by atoms with Gasteiger partial charge in [0.25, 0.3) is 0 Å². The van der Waals surface area contributed by atoms with Crippen LogP contribution >= 0.6 is 0 Å². The van der Waals surface area contributed by atoms with Crippen molar-refractivity contribution in [3.05, 3.63) is 35.8 Å². The number of hydrogen-bond donors (Lipinski definition) is 1. The Hall–Kier alpha value is -1.59. The van der Waals surface area contributed by atoms with Gasteiger partial charge in [-0.05, 0) is 13.0 Å². The largest absolute Gasteiger partial charge is 0.419 e. The van der Waals surface area contributed by atoms with Crippen LogP contribution in [-0.4, -0.2) is 12.1 Å². The fourth-order valence-corrected chi connectivity index (χ4v) is 0.864. The van der Waals surface area contributed by atoms with Crippen LogP contribution in [0.1, 0.15) is 13.8 Å². The molecule has 0 saturated carbocycles. The molecule has 0 radical (unpaired) electrons. The molecule has 0 aliphatic rings. The van der Waals surface area contributed by atoms with Crippen molar-refractivity contribution in [2.45, 2.75) is 20.0 Å². The molecule has 0 saturated heterocycles. The Morgan fingerprint density at radius 1 is 1.38 bits per heavy atom. The Bertz CT molecular complexity index is 352. The first-order valence-electron chi connectivity index (χ1n) is 4.26. The van der Waals surface area contributed by atoms with E-state index in [9.17, 15) is 22.4 Å². The maximum absolute atomic E-state index is 12.6. The van der Waals surface area contributed by atoms with E-state index in [2.05, 4.69) is 11.9 Å². The predicted molar refractivity (Wildman–Crippen MR) is 52.0 cm³/mol. The topological polar surface area (TPSA) is 29.1 Å². The van der Waals surface area contributed by atoms with Crippen molar-refractivity contribution in [3.63, 3.8) is 0 Å². The number of alkyl halides is 3. The third-order valence-electron chi connectivity index (χ3n) is 1.53. The van der Waals surface area contributed by atoms with Gasteiger partial charge in [0.2, 0.25) is 5.91 Å². The number of halogens is 4. The molecular formula is C10H11F4NO. The van der Waals surface area contributed by atoms with E-state index in [4.69, 9.17) is 0 Å². The smallest absolute Gasteiger partial charge is 0.327 e. The van der Waals surface area contributed by atoms with Gasteiger partial charge < -0.3 is 5.32 Å². The molecule has 1 amide bonds. The van der Waals surface area contributed by atoms with Crippen molar-refractivity contribution >= 4 is 5.91 Å². The summed E-state index contributed by atoms with van der Waals surface area (Å²) in [6.07, 6.45) is -3.14. The van der Waals surface area contributed by atoms with Crippen LogP contribution in [-0.2, 0) is 4.79 Å². The number of carbonyl (C=O) groups excluding carboxylic acids is 1. The zero-order valence-corrected chi connectivity index (χ0v) is 8.78. The SMILES string of the molecule is C=C(F)/C(=C\C(=C/C)NC(C)=O)C(F)(F)F. The van der Waals surface area contributed by atoms with Gasteiger partial charge in [-0.15, -0.1) is 0 Å². The van der Waals surface area contributed by atoms with Crippen LogP contribution in [0.5, 0.6) is 0 Å². The molecular weight excluding hydrogens is 226 g/mol. The van der Waals surface area contributed by atoms with E-state index in [1.807, 2.05) is 0 Å². The van der Waals surface area contributed by atoms with E-state index in [0.29, 0.717) is 6.08 Å². The lowest BCUT2D eigenvalue weighted by Gasteiger charge is -2.10. The summed E-state index contributed by atoms with van der Waals surface area (Å²) in [7, 11) is 0. The summed E-state index contributed by atoms with van der Waals surface area (Å²) in [5.41, 5.74) is -1.66. The molecule has 90 valence electrons. The first-order valence-corrected chi connectivity index (χ1v) is 4.26. The third kappa shape index (κ3) is 4.77. The van der Waals surface area contributed by atoms with Crippen molar-refractivity contribution in [2.75, 3.05) is 0 Å². The molecule has 0 rings (SSSR count). The summed E-state index contributed by atoms with van der Waals surface area (Å²) in [5.74, 6) is -2.15. The van der Waals surface area contributed by atoms with Crippen LogP contribution in [0.25, 0.3) is 0 Å². The summed E-state index contributed by atoms with van der Waals surface area (Å²) in [6.45, 7) is 5.14. The molecule has 0 heterocycles. The second-order valence-electron chi connectivity index (χ2n) is 2.89. The highest BCUT2D eigenvalue weighted by Gasteiger charge is 2.36. The molecule has 0 atom stereocenters. The minimum atomic E-state index is -4.85. The van der Waals surface area contributed by atoms with E-state index < -0.39 is 23.5 Å². The first-order chi connectivity index (χ1) is 7.18. The third-order valence-corrected chi connectivity index (χ3v) is 1.53. The van der Waals surface area contributed by atoms with E-state index >= 15 is 0 Å². The Kier molecular flexibility index (Phi) is 4.94. The van der Waals surface area contributed by atoms with E-state index in [-0.39, 0.29) is 5.70 Å². The van der Waals surface area contributed by atoms with Crippen LogP contribution in [0.2, 0.25) is 0 Å². The standard InChI is InChI=1S/C10H11F4NO/c1-4-8(15-7(3)16)5-9(6(2)11)10(12,13)14/h4-5H,2H2,1,3H3,(H,15,16)/b8-4+,9-5+. The van der Waals surface area contributed by atoms with Crippen molar-refractivity contribution in [3.8, 4) is 0 Å². The Balaban J connectivity index is 5.21.